The summed E-state index contributed by atoms with van der Waals surface area (Å²) in [6, 6.07) is 1.84. The van der Waals surface area contributed by atoms with Crippen LogP contribution in [-0.2, 0) is 14.1 Å². The van der Waals surface area contributed by atoms with Crippen LogP contribution in [0.4, 0.5) is 0 Å². The van der Waals surface area contributed by atoms with Gasteiger partial charge in [-0.25, -0.2) is 23.9 Å². The number of aromatic nitrogens is 4. The number of hydrogen-bond acceptors (Lipinski definition) is 3. The number of pyridine rings is 1. The van der Waals surface area contributed by atoms with Gasteiger partial charge in [-0.15, -0.1) is 0 Å². The minimum atomic E-state index is -0.403. The van der Waals surface area contributed by atoms with Gasteiger partial charge in [-0.2, -0.15) is 4.57 Å². The lowest BCUT2D eigenvalue weighted by atomic mass is 10.2. The predicted molar refractivity (Wildman–Crippen MR) is 71.2 cm³/mol. The monoisotopic (exact) mass is 312 g/mol. The first-order chi connectivity index (χ1) is 8.34. The Morgan fingerprint density at radius 3 is 2.11 bits per heavy atom. The molecule has 0 spiro atoms. The van der Waals surface area contributed by atoms with Gasteiger partial charge >= 0.3 is 11.4 Å². The molecular formula is C11H13BrN4O2. The van der Waals surface area contributed by atoms with E-state index >= 15 is 0 Å². The quantitative estimate of drug-likeness (QED) is 0.776. The highest BCUT2D eigenvalue weighted by molar-refractivity contribution is 9.10. The maximum Gasteiger partial charge on any atom is 0.352 e. The SMILES string of the molecule is Cc1cc(Br)c(C)nc1-n1c(=O)n(C)n(C)c1=O. The van der Waals surface area contributed by atoms with Gasteiger partial charge in [-0.3, -0.25) is 0 Å². The van der Waals surface area contributed by atoms with Crippen molar-refractivity contribution in [2.75, 3.05) is 0 Å². The lowest BCUT2D eigenvalue weighted by Gasteiger charge is -2.06. The van der Waals surface area contributed by atoms with E-state index in [0.29, 0.717) is 5.82 Å². The summed E-state index contributed by atoms with van der Waals surface area (Å²) in [5.41, 5.74) is 0.686. The van der Waals surface area contributed by atoms with Gasteiger partial charge in [-0.05, 0) is 41.4 Å². The summed E-state index contributed by atoms with van der Waals surface area (Å²) < 4.78 is 4.43. The molecule has 0 bridgehead atoms. The highest BCUT2D eigenvalue weighted by atomic mass is 79.9. The minimum absolute atomic E-state index is 0.377. The smallest absolute Gasteiger partial charge is 0.245 e. The average molecular weight is 313 g/mol. The highest BCUT2D eigenvalue weighted by Crippen LogP contribution is 2.18. The van der Waals surface area contributed by atoms with E-state index in [4.69, 9.17) is 0 Å². The second kappa shape index (κ2) is 4.24. The lowest BCUT2D eigenvalue weighted by Crippen LogP contribution is -2.28. The Kier molecular flexibility index (Phi) is 3.02. The molecule has 2 rings (SSSR count). The Balaban J connectivity index is 2.87. The molecule has 0 N–H and O–H groups in total. The van der Waals surface area contributed by atoms with Crippen LogP contribution < -0.4 is 11.4 Å². The van der Waals surface area contributed by atoms with E-state index in [1.165, 1.54) is 9.36 Å². The molecule has 0 aliphatic carbocycles. The first-order valence-electron chi connectivity index (χ1n) is 5.33. The van der Waals surface area contributed by atoms with Crippen molar-refractivity contribution >= 4 is 15.9 Å². The normalized spacial score (nSPS) is 10.9. The van der Waals surface area contributed by atoms with Crippen LogP contribution in [0, 0.1) is 13.8 Å². The van der Waals surface area contributed by atoms with Crippen molar-refractivity contribution in [1.29, 1.82) is 0 Å². The molecule has 0 amide bonds. The topological polar surface area (TPSA) is 61.8 Å². The molecular weight excluding hydrogens is 300 g/mol. The molecule has 2 aromatic rings. The van der Waals surface area contributed by atoms with E-state index in [0.717, 1.165) is 20.3 Å². The zero-order chi connectivity index (χ0) is 13.6. The fourth-order valence-electron chi connectivity index (χ4n) is 1.69. The van der Waals surface area contributed by atoms with Crippen LogP contribution in [0.3, 0.4) is 0 Å². The summed E-state index contributed by atoms with van der Waals surface area (Å²) in [4.78, 5) is 28.3. The minimum Gasteiger partial charge on any atom is -0.245 e. The van der Waals surface area contributed by atoms with E-state index in [9.17, 15) is 9.59 Å². The fourth-order valence-corrected chi connectivity index (χ4v) is 2.13. The molecule has 0 aromatic carbocycles. The van der Waals surface area contributed by atoms with Crippen molar-refractivity contribution in [1.82, 2.24) is 18.9 Å². The Bertz CT molecular complexity index is 705. The predicted octanol–water partition coefficient (Wildman–Crippen LogP) is 0.649. The summed E-state index contributed by atoms with van der Waals surface area (Å²) in [6.07, 6.45) is 0. The molecule has 2 heterocycles. The average Bonchev–Trinajstić information content (AvgIpc) is 2.50. The van der Waals surface area contributed by atoms with E-state index in [-0.39, 0.29) is 0 Å². The fraction of sp³-hybridized carbons (Fsp3) is 0.364. The standard InChI is InChI=1S/C11H13BrN4O2/c1-6-5-8(12)7(2)13-9(6)16-10(17)14(3)15(4)11(16)18/h5H,1-4H3. The molecule has 96 valence electrons. The third-order valence-electron chi connectivity index (χ3n) is 2.91. The summed E-state index contributed by atoms with van der Waals surface area (Å²) >= 11 is 3.37. The molecule has 2 aromatic heterocycles. The van der Waals surface area contributed by atoms with Crippen LogP contribution >= 0.6 is 15.9 Å². The molecule has 0 aliphatic heterocycles. The van der Waals surface area contributed by atoms with Gasteiger partial charge in [0.25, 0.3) is 0 Å². The van der Waals surface area contributed by atoms with E-state index in [1.807, 2.05) is 19.9 Å². The Morgan fingerprint density at radius 2 is 1.61 bits per heavy atom. The number of hydrogen-bond donors (Lipinski definition) is 0. The van der Waals surface area contributed by atoms with Crippen molar-refractivity contribution in [2.45, 2.75) is 13.8 Å². The molecule has 0 unspecified atom stereocenters. The molecule has 0 atom stereocenters. The first kappa shape index (κ1) is 12.8. The zero-order valence-corrected chi connectivity index (χ0v) is 12.1. The van der Waals surface area contributed by atoms with Crippen LogP contribution in [0.15, 0.2) is 20.1 Å². The van der Waals surface area contributed by atoms with Gasteiger partial charge in [0.15, 0.2) is 0 Å². The Morgan fingerprint density at radius 1 is 1.11 bits per heavy atom. The summed E-state index contributed by atoms with van der Waals surface area (Å²) in [5, 5.41) is 0. The van der Waals surface area contributed by atoms with Crippen LogP contribution in [0.2, 0.25) is 0 Å². The van der Waals surface area contributed by atoms with E-state index in [1.54, 1.807) is 14.1 Å². The Hall–Kier alpha value is -1.63. The Labute approximate surface area is 112 Å². The van der Waals surface area contributed by atoms with Crippen LogP contribution in [0.25, 0.3) is 5.82 Å². The molecule has 0 fully saturated rings. The van der Waals surface area contributed by atoms with Crippen molar-refractivity contribution in [3.8, 4) is 5.82 Å². The van der Waals surface area contributed by atoms with Crippen LogP contribution in [0.5, 0.6) is 0 Å². The summed E-state index contributed by atoms with van der Waals surface area (Å²) in [7, 11) is 3.09. The van der Waals surface area contributed by atoms with Gasteiger partial charge in [0.2, 0.25) is 0 Å². The third kappa shape index (κ3) is 1.74. The van der Waals surface area contributed by atoms with Gasteiger partial charge in [0.1, 0.15) is 5.82 Å². The van der Waals surface area contributed by atoms with Gasteiger partial charge in [-0.1, -0.05) is 0 Å². The largest absolute Gasteiger partial charge is 0.352 e. The summed E-state index contributed by atoms with van der Waals surface area (Å²) in [5.74, 6) is 0.377. The maximum absolute atomic E-state index is 12.0. The van der Waals surface area contributed by atoms with E-state index < -0.39 is 11.4 Å². The van der Waals surface area contributed by atoms with Gasteiger partial charge in [0.05, 0.1) is 5.69 Å². The number of nitrogens with zero attached hydrogens (tertiary/aromatic N) is 4. The first-order valence-corrected chi connectivity index (χ1v) is 6.13. The van der Waals surface area contributed by atoms with Crippen LogP contribution in [-0.4, -0.2) is 18.9 Å². The second-order valence-corrected chi connectivity index (χ2v) is 5.00. The van der Waals surface area contributed by atoms with Gasteiger partial charge < -0.3 is 0 Å². The van der Waals surface area contributed by atoms with Gasteiger partial charge in [0, 0.05) is 18.6 Å². The van der Waals surface area contributed by atoms with Crippen molar-refractivity contribution in [3.05, 3.63) is 42.8 Å². The molecule has 0 aliphatic rings. The molecule has 18 heavy (non-hydrogen) atoms. The van der Waals surface area contributed by atoms with Crippen molar-refractivity contribution in [3.63, 3.8) is 0 Å². The molecule has 0 saturated carbocycles. The molecule has 7 heteroatoms. The van der Waals surface area contributed by atoms with E-state index in [2.05, 4.69) is 20.9 Å². The van der Waals surface area contributed by atoms with Crippen LogP contribution in [0.1, 0.15) is 11.3 Å². The highest BCUT2D eigenvalue weighted by Gasteiger charge is 2.16. The second-order valence-electron chi connectivity index (χ2n) is 4.14. The summed E-state index contributed by atoms with van der Waals surface area (Å²) in [6.45, 7) is 3.62. The zero-order valence-electron chi connectivity index (χ0n) is 10.6. The molecule has 6 nitrogen and oxygen atoms in total. The third-order valence-corrected chi connectivity index (χ3v) is 3.72. The molecule has 0 saturated heterocycles. The number of rotatable bonds is 1. The number of aryl methyl sites for hydroxylation is 2. The van der Waals surface area contributed by atoms with Crippen molar-refractivity contribution in [2.24, 2.45) is 14.1 Å². The lowest BCUT2D eigenvalue weighted by molar-refractivity contribution is 0.565. The molecule has 0 radical (unpaired) electrons. The number of halogens is 1. The maximum atomic E-state index is 12.0. The van der Waals surface area contributed by atoms with Crippen molar-refractivity contribution < 1.29 is 0 Å².